The second-order valence-corrected chi connectivity index (χ2v) is 12.2. The molecule has 2 aliphatic heterocycles. The number of rotatable bonds is 7. The van der Waals surface area contributed by atoms with E-state index in [0.29, 0.717) is 0 Å². The smallest absolute Gasteiger partial charge is 0.330 e. The van der Waals surface area contributed by atoms with Crippen LogP contribution in [0.5, 0.6) is 0 Å². The summed E-state index contributed by atoms with van der Waals surface area (Å²) in [6.45, 7) is 5.05. The molecule has 3 rings (SSSR count). The fourth-order valence-electron chi connectivity index (χ4n) is 4.53. The topological polar surface area (TPSA) is 113 Å². The van der Waals surface area contributed by atoms with Gasteiger partial charge in [0.2, 0.25) is 5.91 Å². The van der Waals surface area contributed by atoms with Crippen LogP contribution in [0, 0.1) is 0 Å². The third kappa shape index (κ3) is 3.75. The molecule has 0 aromatic heterocycles. The Hall–Kier alpha value is -2.59. The minimum Gasteiger partial charge on any atom is -0.465 e. The fraction of sp³-hybridized carbons (Fsp3) is 0.545. The first-order chi connectivity index (χ1) is 15.1. The largest absolute Gasteiger partial charge is 0.465 e. The Balaban J connectivity index is 1.88. The normalized spacial score (nSPS) is 25.5. The molecule has 176 valence electrons. The Morgan fingerprint density at radius 2 is 1.88 bits per heavy atom. The molecule has 2 saturated heterocycles. The van der Waals surface area contributed by atoms with Crippen molar-refractivity contribution in [2.24, 2.45) is 0 Å². The molecule has 1 aromatic carbocycles. The van der Waals surface area contributed by atoms with Crippen molar-refractivity contribution in [3.05, 3.63) is 35.9 Å². The van der Waals surface area contributed by atoms with Gasteiger partial charge in [-0.05, 0) is 26.3 Å². The zero-order valence-electron chi connectivity index (χ0n) is 18.8. The van der Waals surface area contributed by atoms with E-state index < -0.39 is 49.3 Å². The third-order valence-electron chi connectivity index (χ3n) is 6.23. The Kier molecular flexibility index (Phi) is 6.85. The van der Waals surface area contributed by atoms with Crippen LogP contribution in [-0.2, 0) is 30.5 Å². The maximum absolute atomic E-state index is 13.6. The van der Waals surface area contributed by atoms with Crippen molar-refractivity contribution in [3.8, 4) is 0 Å². The molecule has 10 heteroatoms. The van der Waals surface area contributed by atoms with Crippen molar-refractivity contribution >= 4 is 33.1 Å². The second-order valence-electron chi connectivity index (χ2n) is 8.41. The van der Waals surface area contributed by atoms with Crippen LogP contribution in [0.1, 0.15) is 32.8 Å². The molecule has 2 heterocycles. The van der Waals surface area contributed by atoms with Crippen molar-refractivity contribution in [1.82, 2.24) is 9.80 Å². The predicted molar refractivity (Wildman–Crippen MR) is 119 cm³/mol. The molecule has 3 atom stereocenters. The summed E-state index contributed by atoms with van der Waals surface area (Å²) in [4.78, 5) is 53.8. The molecule has 0 spiro atoms. The zero-order chi connectivity index (χ0) is 23.7. The van der Waals surface area contributed by atoms with Crippen LogP contribution in [0.15, 0.2) is 30.3 Å². The van der Waals surface area contributed by atoms with Crippen molar-refractivity contribution < 1.29 is 33.8 Å². The van der Waals surface area contributed by atoms with Crippen molar-refractivity contribution in [1.29, 1.82) is 0 Å². The van der Waals surface area contributed by atoms with Crippen LogP contribution >= 0.6 is 10.0 Å². The molecule has 32 heavy (non-hydrogen) atoms. The number of likely N-dealkylation sites (N-methyl/N-ethyl adjacent to an activating group) is 1. The summed E-state index contributed by atoms with van der Waals surface area (Å²) in [6.07, 6.45) is 0.0702. The SMILES string of the molecule is CCOC(=O)CN(C)C(=O)[S@]1(CO)[C@@H]2CC(=O)N2[C@@H](C(=O)OCc2ccccc2)C1(C)C. The number of ether oxygens (including phenoxy) is 2. The Bertz CT molecular complexity index is 907. The highest BCUT2D eigenvalue weighted by atomic mass is 32.3. The summed E-state index contributed by atoms with van der Waals surface area (Å²) in [5.41, 5.74) is 0.800. The van der Waals surface area contributed by atoms with Crippen LogP contribution in [0.4, 0.5) is 4.79 Å². The van der Waals surface area contributed by atoms with Gasteiger partial charge in [-0.3, -0.25) is 14.4 Å². The number of carbonyl (C=O) groups is 4. The van der Waals surface area contributed by atoms with Gasteiger partial charge in [0.15, 0.2) is 0 Å². The summed E-state index contributed by atoms with van der Waals surface area (Å²) < 4.78 is 9.39. The number of benzene rings is 1. The molecule has 2 amide bonds. The number of carbonyl (C=O) groups excluding carboxylic acids is 4. The van der Waals surface area contributed by atoms with Crippen LogP contribution in [0.2, 0.25) is 0 Å². The first-order valence-corrected chi connectivity index (χ1v) is 12.3. The lowest BCUT2D eigenvalue weighted by Gasteiger charge is -2.50. The van der Waals surface area contributed by atoms with Crippen LogP contribution in [-0.4, -0.2) is 80.3 Å². The molecule has 1 N–H and O–H groups in total. The molecule has 2 aliphatic rings. The van der Waals surface area contributed by atoms with Gasteiger partial charge in [0.05, 0.1) is 24.3 Å². The minimum absolute atomic E-state index is 0.0388. The van der Waals surface area contributed by atoms with Crippen LogP contribution in [0.3, 0.4) is 0 Å². The van der Waals surface area contributed by atoms with E-state index >= 15 is 0 Å². The van der Waals surface area contributed by atoms with Gasteiger partial charge in [-0.2, -0.15) is 0 Å². The first-order valence-electron chi connectivity index (χ1n) is 10.4. The predicted octanol–water partition coefficient (Wildman–Crippen LogP) is 1.82. The van der Waals surface area contributed by atoms with Gasteiger partial charge in [0.25, 0.3) is 5.24 Å². The molecule has 2 fully saturated rings. The lowest BCUT2D eigenvalue weighted by Crippen LogP contribution is -2.57. The van der Waals surface area contributed by atoms with E-state index in [2.05, 4.69) is 0 Å². The van der Waals surface area contributed by atoms with E-state index in [1.807, 2.05) is 30.3 Å². The maximum Gasteiger partial charge on any atom is 0.330 e. The van der Waals surface area contributed by atoms with Gasteiger partial charge in [0.1, 0.15) is 19.2 Å². The molecular formula is C22H30N2O7S. The summed E-state index contributed by atoms with van der Waals surface area (Å²) in [7, 11) is -1.16. The summed E-state index contributed by atoms with van der Waals surface area (Å²) in [5.74, 6) is -1.93. The molecule has 9 nitrogen and oxygen atoms in total. The van der Waals surface area contributed by atoms with E-state index in [1.54, 1.807) is 20.8 Å². The third-order valence-corrected chi connectivity index (χ3v) is 11.0. The van der Waals surface area contributed by atoms with Crippen molar-refractivity contribution in [2.45, 2.75) is 50.0 Å². The highest BCUT2D eigenvalue weighted by molar-refractivity contribution is 8.46. The molecule has 0 bridgehead atoms. The van der Waals surface area contributed by atoms with E-state index in [-0.39, 0.29) is 32.1 Å². The fourth-order valence-corrected chi connectivity index (χ4v) is 8.81. The van der Waals surface area contributed by atoms with E-state index in [1.165, 1.54) is 16.8 Å². The number of amides is 2. The second kappa shape index (κ2) is 9.11. The first kappa shape index (κ1) is 24.1. The van der Waals surface area contributed by atoms with Crippen molar-refractivity contribution in [2.75, 3.05) is 26.1 Å². The molecule has 0 saturated carbocycles. The zero-order valence-corrected chi connectivity index (χ0v) is 19.6. The van der Waals surface area contributed by atoms with Gasteiger partial charge >= 0.3 is 11.9 Å². The van der Waals surface area contributed by atoms with Crippen LogP contribution in [0.25, 0.3) is 0 Å². The van der Waals surface area contributed by atoms with Crippen molar-refractivity contribution in [3.63, 3.8) is 0 Å². The van der Waals surface area contributed by atoms with Crippen LogP contribution < -0.4 is 0 Å². The average molecular weight is 467 g/mol. The number of hydrogen-bond acceptors (Lipinski definition) is 7. The standard InChI is InChI=1S/C22H30N2O7S/c1-5-30-18(27)12-23(4)21(29)32(14-25)17-11-16(26)24(17)19(22(32,2)3)20(28)31-13-15-9-7-6-8-10-15/h6-10,17,19,25H,5,11-14H2,1-4H3/t17-,19+/m1/s1. The Labute approximate surface area is 189 Å². The lowest BCUT2D eigenvalue weighted by atomic mass is 9.98. The quantitative estimate of drug-likeness (QED) is 0.482. The number of β-lactam (4-membered cyclic amide) rings is 1. The number of hydrogen-bond donors (Lipinski definition) is 1. The summed E-state index contributed by atoms with van der Waals surface area (Å²) in [6, 6.07) is 8.16. The van der Waals surface area contributed by atoms with Gasteiger partial charge in [0, 0.05) is 11.8 Å². The van der Waals surface area contributed by atoms with Gasteiger partial charge in [-0.1, -0.05) is 30.3 Å². The number of esters is 2. The number of aliphatic hydroxyl groups excluding tert-OH is 1. The summed E-state index contributed by atoms with van der Waals surface area (Å²) in [5, 5.41) is 9.49. The number of fused-ring (bicyclic) bond motifs is 1. The van der Waals surface area contributed by atoms with E-state index in [9.17, 15) is 24.3 Å². The number of nitrogens with zero attached hydrogens (tertiary/aromatic N) is 2. The molecular weight excluding hydrogens is 436 g/mol. The average Bonchev–Trinajstić information content (AvgIpc) is 2.92. The maximum atomic E-state index is 13.6. The van der Waals surface area contributed by atoms with E-state index in [0.717, 1.165) is 5.56 Å². The highest BCUT2D eigenvalue weighted by Gasteiger charge is 2.72. The van der Waals surface area contributed by atoms with E-state index in [4.69, 9.17) is 9.47 Å². The molecule has 0 aliphatic carbocycles. The molecule has 1 aromatic rings. The van der Waals surface area contributed by atoms with Gasteiger partial charge in [-0.15, -0.1) is 10.0 Å². The Morgan fingerprint density at radius 1 is 1.22 bits per heavy atom. The summed E-state index contributed by atoms with van der Waals surface area (Å²) >= 11 is 0. The van der Waals surface area contributed by atoms with Gasteiger partial charge < -0.3 is 24.4 Å². The molecule has 0 radical (unpaired) electrons. The lowest BCUT2D eigenvalue weighted by molar-refractivity contribution is -0.162. The highest BCUT2D eigenvalue weighted by Crippen LogP contribution is 2.74. The Morgan fingerprint density at radius 3 is 2.44 bits per heavy atom. The molecule has 0 unspecified atom stereocenters. The van der Waals surface area contributed by atoms with Gasteiger partial charge in [-0.25, -0.2) is 4.79 Å². The minimum atomic E-state index is -2.63. The number of aliphatic hydroxyl groups is 1. The monoisotopic (exact) mass is 466 g/mol.